The van der Waals surface area contributed by atoms with Gasteiger partial charge in [-0.2, -0.15) is 0 Å². The Balaban J connectivity index is 2.59. The maximum Gasteiger partial charge on any atom is 0.331 e. The topological polar surface area (TPSA) is 55.4 Å². The minimum absolute atomic E-state index is 0.309. The van der Waals surface area contributed by atoms with Crippen molar-refractivity contribution in [2.45, 2.75) is 13.8 Å². The molecule has 21 heavy (non-hydrogen) atoms. The Bertz CT molecular complexity index is 595. The number of amides is 1. The Morgan fingerprint density at radius 2 is 2.00 bits per heavy atom. The molecule has 0 saturated carbocycles. The van der Waals surface area contributed by atoms with Crippen molar-refractivity contribution in [1.29, 1.82) is 0 Å². The second kappa shape index (κ2) is 8.49. The van der Waals surface area contributed by atoms with Crippen LogP contribution in [-0.2, 0) is 14.3 Å². The molecule has 6 heteroatoms. The van der Waals surface area contributed by atoms with Gasteiger partial charge in [0.05, 0.1) is 15.7 Å². The van der Waals surface area contributed by atoms with Crippen LogP contribution in [0.1, 0.15) is 12.5 Å². The largest absolute Gasteiger partial charge is 0.452 e. The maximum atomic E-state index is 11.7. The van der Waals surface area contributed by atoms with E-state index in [9.17, 15) is 9.59 Å². The molecule has 1 aromatic rings. The number of nitrogens with one attached hydrogen (secondary N) is 1. The van der Waals surface area contributed by atoms with Crippen molar-refractivity contribution in [2.24, 2.45) is 0 Å². The van der Waals surface area contributed by atoms with E-state index in [1.165, 1.54) is 12.2 Å². The first-order valence-corrected chi connectivity index (χ1v) is 6.92. The second-order valence-corrected chi connectivity index (χ2v) is 4.88. The Kier molecular flexibility index (Phi) is 6.99. The van der Waals surface area contributed by atoms with Crippen molar-refractivity contribution in [2.75, 3.05) is 11.9 Å². The van der Waals surface area contributed by atoms with Gasteiger partial charge in [0.15, 0.2) is 6.61 Å². The van der Waals surface area contributed by atoms with Crippen LogP contribution in [0.5, 0.6) is 0 Å². The molecule has 0 radical (unpaired) electrons. The summed E-state index contributed by atoms with van der Waals surface area (Å²) in [5.74, 6) is -1.12. The van der Waals surface area contributed by atoms with Crippen LogP contribution in [0.15, 0.2) is 36.4 Å². The van der Waals surface area contributed by atoms with Gasteiger partial charge in [-0.05, 0) is 25.5 Å². The standard InChI is InChI=1S/C15H15Cl2NO3/c1-3-4-5-6-13(20)21-9-12(19)18-15-11(16)8-7-10(2)14(15)17/h3-8H,9H2,1-2H3,(H,18,19)/b4-3+,6-5+. The number of allylic oxidation sites excluding steroid dienone is 3. The van der Waals surface area contributed by atoms with Gasteiger partial charge < -0.3 is 10.1 Å². The molecule has 0 unspecified atom stereocenters. The van der Waals surface area contributed by atoms with Crippen molar-refractivity contribution in [3.63, 3.8) is 0 Å². The lowest BCUT2D eigenvalue weighted by molar-refractivity contribution is -0.142. The average Bonchev–Trinajstić information content (AvgIpc) is 2.46. The number of anilines is 1. The number of rotatable bonds is 5. The number of carbonyl (C=O) groups is 2. The van der Waals surface area contributed by atoms with Crippen molar-refractivity contribution < 1.29 is 14.3 Å². The van der Waals surface area contributed by atoms with Gasteiger partial charge in [0, 0.05) is 6.08 Å². The van der Waals surface area contributed by atoms with Crippen LogP contribution in [0.25, 0.3) is 0 Å². The molecule has 0 heterocycles. The molecular formula is C15H15Cl2NO3. The Hall–Kier alpha value is -1.78. The van der Waals surface area contributed by atoms with E-state index in [0.717, 1.165) is 5.56 Å². The van der Waals surface area contributed by atoms with Gasteiger partial charge in [0.2, 0.25) is 0 Å². The SMILES string of the molecule is C/C=C/C=C/C(=O)OCC(=O)Nc1c(Cl)ccc(C)c1Cl. The van der Waals surface area contributed by atoms with Crippen LogP contribution in [-0.4, -0.2) is 18.5 Å². The lowest BCUT2D eigenvalue weighted by atomic mass is 10.2. The lowest BCUT2D eigenvalue weighted by Crippen LogP contribution is -2.20. The fourth-order valence-corrected chi connectivity index (χ4v) is 1.84. The molecule has 1 aromatic carbocycles. The van der Waals surface area contributed by atoms with E-state index in [1.807, 2.05) is 6.92 Å². The van der Waals surface area contributed by atoms with Gasteiger partial charge in [-0.25, -0.2) is 4.79 Å². The Labute approximate surface area is 133 Å². The fourth-order valence-electron chi connectivity index (χ4n) is 1.38. The Morgan fingerprint density at radius 3 is 2.67 bits per heavy atom. The molecule has 0 aliphatic carbocycles. The molecule has 0 aliphatic rings. The first-order chi connectivity index (χ1) is 9.95. The van der Waals surface area contributed by atoms with E-state index < -0.39 is 18.5 Å². The van der Waals surface area contributed by atoms with E-state index in [2.05, 4.69) is 5.32 Å². The molecule has 0 spiro atoms. The minimum Gasteiger partial charge on any atom is -0.452 e. The van der Waals surface area contributed by atoms with E-state index >= 15 is 0 Å². The molecule has 1 rings (SSSR count). The molecule has 1 N–H and O–H groups in total. The van der Waals surface area contributed by atoms with Gasteiger partial charge in [0.1, 0.15) is 0 Å². The molecule has 4 nitrogen and oxygen atoms in total. The van der Waals surface area contributed by atoms with Gasteiger partial charge >= 0.3 is 5.97 Å². The summed E-state index contributed by atoms with van der Waals surface area (Å²) in [5, 5.41) is 3.20. The van der Waals surface area contributed by atoms with Gasteiger partial charge in [-0.1, -0.05) is 47.5 Å². The molecule has 0 fully saturated rings. The van der Waals surface area contributed by atoms with Crippen LogP contribution >= 0.6 is 23.2 Å². The maximum absolute atomic E-state index is 11.7. The number of halogens is 2. The molecule has 112 valence electrons. The van der Waals surface area contributed by atoms with E-state index in [-0.39, 0.29) is 0 Å². The quantitative estimate of drug-likeness (QED) is 0.506. The summed E-state index contributed by atoms with van der Waals surface area (Å²) in [6.45, 7) is 3.19. The number of carbonyl (C=O) groups excluding carboxylic acids is 2. The average molecular weight is 328 g/mol. The zero-order chi connectivity index (χ0) is 15.8. The highest BCUT2D eigenvalue weighted by molar-refractivity contribution is 6.40. The van der Waals surface area contributed by atoms with Crippen molar-refractivity contribution >= 4 is 40.8 Å². The summed E-state index contributed by atoms with van der Waals surface area (Å²) < 4.78 is 4.77. The van der Waals surface area contributed by atoms with Gasteiger partial charge in [-0.15, -0.1) is 0 Å². The molecule has 1 amide bonds. The van der Waals surface area contributed by atoms with Crippen molar-refractivity contribution in [1.82, 2.24) is 0 Å². The fraction of sp³-hybridized carbons (Fsp3) is 0.200. The summed E-state index contributed by atoms with van der Waals surface area (Å²) in [4.78, 5) is 23.0. The summed E-state index contributed by atoms with van der Waals surface area (Å²) in [5.41, 5.74) is 1.09. The smallest absolute Gasteiger partial charge is 0.331 e. The lowest BCUT2D eigenvalue weighted by Gasteiger charge is -2.10. The Morgan fingerprint density at radius 1 is 1.29 bits per heavy atom. The first-order valence-electron chi connectivity index (χ1n) is 6.16. The zero-order valence-electron chi connectivity index (χ0n) is 11.7. The number of hydrogen-bond donors (Lipinski definition) is 1. The van der Waals surface area contributed by atoms with Crippen LogP contribution in [0.3, 0.4) is 0 Å². The molecule has 0 saturated heterocycles. The molecular weight excluding hydrogens is 313 g/mol. The predicted molar refractivity (Wildman–Crippen MR) is 84.7 cm³/mol. The zero-order valence-corrected chi connectivity index (χ0v) is 13.2. The third-order valence-corrected chi connectivity index (χ3v) is 3.23. The van der Waals surface area contributed by atoms with Crippen molar-refractivity contribution in [3.8, 4) is 0 Å². The molecule has 0 bridgehead atoms. The highest BCUT2D eigenvalue weighted by atomic mass is 35.5. The first kappa shape index (κ1) is 17.3. The number of aryl methyl sites for hydroxylation is 1. The summed E-state index contributed by atoms with van der Waals surface area (Å²) in [6, 6.07) is 3.37. The summed E-state index contributed by atoms with van der Waals surface area (Å²) >= 11 is 12.0. The second-order valence-electron chi connectivity index (χ2n) is 4.09. The highest BCUT2D eigenvalue weighted by Crippen LogP contribution is 2.32. The molecule has 0 aliphatic heterocycles. The van der Waals surface area contributed by atoms with Gasteiger partial charge in [-0.3, -0.25) is 4.79 Å². The highest BCUT2D eigenvalue weighted by Gasteiger charge is 2.12. The molecule has 0 aromatic heterocycles. The normalized spacial score (nSPS) is 11.0. The van der Waals surface area contributed by atoms with Crippen LogP contribution < -0.4 is 5.32 Å². The van der Waals surface area contributed by atoms with E-state index in [0.29, 0.717) is 15.7 Å². The van der Waals surface area contributed by atoms with Crippen LogP contribution in [0, 0.1) is 6.92 Å². The van der Waals surface area contributed by atoms with E-state index in [4.69, 9.17) is 27.9 Å². The van der Waals surface area contributed by atoms with Crippen molar-refractivity contribution in [3.05, 3.63) is 52.0 Å². The molecule has 0 atom stereocenters. The van der Waals surface area contributed by atoms with Crippen LogP contribution in [0.4, 0.5) is 5.69 Å². The van der Waals surface area contributed by atoms with E-state index in [1.54, 1.807) is 31.2 Å². The van der Waals surface area contributed by atoms with Gasteiger partial charge in [0.25, 0.3) is 5.91 Å². The third-order valence-electron chi connectivity index (χ3n) is 2.43. The third kappa shape index (κ3) is 5.61. The number of ether oxygens (including phenoxy) is 1. The summed E-state index contributed by atoms with van der Waals surface area (Å²) in [6.07, 6.45) is 6.18. The minimum atomic E-state index is -0.607. The number of benzene rings is 1. The monoisotopic (exact) mass is 327 g/mol. The number of esters is 1. The number of hydrogen-bond acceptors (Lipinski definition) is 3. The predicted octanol–water partition coefficient (Wildman–Crippen LogP) is 3.92. The van der Waals surface area contributed by atoms with Crippen LogP contribution in [0.2, 0.25) is 10.0 Å². The summed E-state index contributed by atoms with van der Waals surface area (Å²) in [7, 11) is 0.